The monoisotopic (exact) mass is 398 g/mol. The third-order valence-corrected chi connectivity index (χ3v) is 4.42. The summed E-state index contributed by atoms with van der Waals surface area (Å²) in [4.78, 5) is 24.0. The summed E-state index contributed by atoms with van der Waals surface area (Å²) in [7, 11) is 0. The van der Waals surface area contributed by atoms with Gasteiger partial charge in [0.15, 0.2) is 0 Å². The lowest BCUT2D eigenvalue weighted by Crippen LogP contribution is -2.40. The van der Waals surface area contributed by atoms with Gasteiger partial charge in [0.25, 0.3) is 0 Å². The number of nitrogens with one attached hydrogen (secondary N) is 1. The number of amides is 2. The third kappa shape index (κ3) is 4.83. The van der Waals surface area contributed by atoms with Crippen LogP contribution in [0.5, 0.6) is 0 Å². The van der Waals surface area contributed by atoms with E-state index in [0.717, 1.165) is 29.2 Å². The van der Waals surface area contributed by atoms with Gasteiger partial charge in [0.2, 0.25) is 0 Å². The Hall–Kier alpha value is -2.46. The van der Waals surface area contributed by atoms with Crippen LogP contribution in [-0.4, -0.2) is 41.3 Å². The number of nitrogens with zero attached hydrogens (tertiary/aromatic N) is 1. The number of carbonyl (C=O) groups is 2. The van der Waals surface area contributed by atoms with Crippen LogP contribution < -0.4 is 5.32 Å². The van der Waals surface area contributed by atoms with Crippen molar-refractivity contribution in [3.63, 3.8) is 0 Å². The number of rotatable bonds is 3. The summed E-state index contributed by atoms with van der Waals surface area (Å²) in [5.41, 5.74) is -0.556. The molecule has 11 heteroatoms. The van der Waals surface area contributed by atoms with Gasteiger partial charge in [-0.3, -0.25) is 4.79 Å². The van der Waals surface area contributed by atoms with Gasteiger partial charge in [-0.1, -0.05) is 12.1 Å². The van der Waals surface area contributed by atoms with E-state index in [-0.39, 0.29) is 0 Å². The molecule has 0 aromatic heterocycles. The summed E-state index contributed by atoms with van der Waals surface area (Å²) < 4.78 is 76.5. The molecule has 2 rings (SSSR count). The van der Waals surface area contributed by atoms with Gasteiger partial charge in [-0.2, -0.15) is 26.3 Å². The van der Waals surface area contributed by atoms with Crippen LogP contribution >= 0.6 is 0 Å². The third-order valence-electron chi connectivity index (χ3n) is 4.42. The van der Waals surface area contributed by atoms with Crippen molar-refractivity contribution in [3.8, 4) is 0 Å². The Morgan fingerprint density at radius 2 is 1.67 bits per heavy atom. The fourth-order valence-corrected chi connectivity index (χ4v) is 2.87. The molecule has 3 atom stereocenters. The van der Waals surface area contributed by atoms with Crippen LogP contribution in [0, 0.1) is 11.8 Å². The molecule has 5 nitrogen and oxygen atoms in total. The first-order valence-electron chi connectivity index (χ1n) is 7.83. The lowest BCUT2D eigenvalue weighted by Gasteiger charge is -2.22. The zero-order chi connectivity index (χ0) is 20.6. The predicted octanol–water partition coefficient (Wildman–Crippen LogP) is 3.67. The van der Waals surface area contributed by atoms with E-state index in [1.165, 1.54) is 6.92 Å². The number of alkyl halides is 6. The first-order chi connectivity index (χ1) is 12.3. The van der Waals surface area contributed by atoms with Crippen molar-refractivity contribution in [2.24, 2.45) is 11.8 Å². The van der Waals surface area contributed by atoms with E-state index < -0.39 is 60.9 Å². The van der Waals surface area contributed by atoms with Crippen LogP contribution in [0.15, 0.2) is 24.3 Å². The summed E-state index contributed by atoms with van der Waals surface area (Å²) in [5, 5.41) is 11.3. The molecule has 1 aromatic rings. The number of likely N-dealkylation sites (tertiary alicyclic amines) is 1. The number of carboxylic acid groups (broad SMARTS) is 1. The molecule has 1 aliphatic heterocycles. The lowest BCUT2D eigenvalue weighted by atomic mass is 9.96. The van der Waals surface area contributed by atoms with Crippen molar-refractivity contribution in [1.82, 2.24) is 10.2 Å². The molecular weight excluding hydrogens is 382 g/mol. The number of carbonyl (C=O) groups excluding carboxylic acids is 1. The molecule has 0 unspecified atom stereocenters. The first kappa shape index (κ1) is 20.8. The molecule has 0 radical (unpaired) electrons. The number of benzene rings is 1. The maximum absolute atomic E-state index is 13.0. The minimum Gasteiger partial charge on any atom is -0.481 e. The van der Waals surface area contributed by atoms with Gasteiger partial charge in [-0.25, -0.2) is 4.79 Å². The fourth-order valence-electron chi connectivity index (χ4n) is 2.87. The lowest BCUT2D eigenvalue weighted by molar-refractivity contribution is -0.187. The van der Waals surface area contributed by atoms with E-state index >= 15 is 0 Å². The van der Waals surface area contributed by atoms with Crippen LogP contribution in [0.4, 0.5) is 31.1 Å². The molecule has 1 aliphatic rings. The van der Waals surface area contributed by atoms with Gasteiger partial charge in [0.05, 0.1) is 23.4 Å². The number of halogens is 6. The molecule has 0 spiro atoms. The van der Waals surface area contributed by atoms with Crippen LogP contribution in [0.1, 0.15) is 24.1 Å². The number of hydrogen-bond donors (Lipinski definition) is 2. The van der Waals surface area contributed by atoms with E-state index in [1.807, 2.05) is 0 Å². The molecule has 1 fully saturated rings. The second kappa shape index (κ2) is 7.28. The average Bonchev–Trinajstić information content (AvgIpc) is 3.00. The van der Waals surface area contributed by atoms with E-state index in [2.05, 4.69) is 5.32 Å². The van der Waals surface area contributed by atoms with E-state index in [4.69, 9.17) is 5.11 Å². The molecule has 150 valence electrons. The Morgan fingerprint density at radius 3 is 2.07 bits per heavy atom. The number of aliphatic carboxylic acids is 1. The molecule has 2 N–H and O–H groups in total. The van der Waals surface area contributed by atoms with Crippen LogP contribution in [0.2, 0.25) is 0 Å². The molecule has 1 saturated heterocycles. The van der Waals surface area contributed by atoms with Crippen LogP contribution in [-0.2, 0) is 11.0 Å². The Labute approximate surface area is 149 Å². The normalized spacial score (nSPS) is 21.8. The SMILES string of the molecule is C[C@@H](NC(=O)N1C[C@@H](C(F)(F)F)[C@H](C(=O)O)C1)c1ccc(C(F)(F)F)cc1. The maximum atomic E-state index is 13.0. The summed E-state index contributed by atoms with van der Waals surface area (Å²) in [6, 6.07) is 2.25. The highest BCUT2D eigenvalue weighted by Gasteiger charge is 2.53. The summed E-state index contributed by atoms with van der Waals surface area (Å²) >= 11 is 0. The molecule has 0 saturated carbocycles. The highest BCUT2D eigenvalue weighted by molar-refractivity contribution is 5.78. The maximum Gasteiger partial charge on any atom is 0.416 e. The minimum absolute atomic E-state index is 0.317. The van der Waals surface area contributed by atoms with E-state index in [1.54, 1.807) is 0 Å². The highest BCUT2D eigenvalue weighted by atomic mass is 19.4. The molecule has 0 aliphatic carbocycles. The van der Waals surface area contributed by atoms with Gasteiger partial charge in [-0.05, 0) is 24.6 Å². The van der Waals surface area contributed by atoms with Crippen LogP contribution in [0.25, 0.3) is 0 Å². The Bertz CT molecular complexity index is 702. The molecule has 1 aromatic carbocycles. The topological polar surface area (TPSA) is 69.6 Å². The molecule has 1 heterocycles. The quantitative estimate of drug-likeness (QED) is 0.764. The minimum atomic E-state index is -4.77. The number of hydrogen-bond acceptors (Lipinski definition) is 2. The predicted molar refractivity (Wildman–Crippen MR) is 80.6 cm³/mol. The molecule has 27 heavy (non-hydrogen) atoms. The molecule has 0 bridgehead atoms. The second-order valence-corrected chi connectivity index (χ2v) is 6.29. The van der Waals surface area contributed by atoms with Crippen LogP contribution in [0.3, 0.4) is 0 Å². The second-order valence-electron chi connectivity index (χ2n) is 6.29. The highest BCUT2D eigenvalue weighted by Crippen LogP contribution is 2.38. The molecule has 2 amide bonds. The van der Waals surface area contributed by atoms with Crippen molar-refractivity contribution >= 4 is 12.0 Å². The Kier molecular flexibility index (Phi) is 5.62. The van der Waals surface area contributed by atoms with Gasteiger partial charge < -0.3 is 15.3 Å². The average molecular weight is 398 g/mol. The largest absolute Gasteiger partial charge is 0.481 e. The van der Waals surface area contributed by atoms with Crippen molar-refractivity contribution in [2.75, 3.05) is 13.1 Å². The van der Waals surface area contributed by atoms with Crippen molar-refractivity contribution in [3.05, 3.63) is 35.4 Å². The summed E-state index contributed by atoms with van der Waals surface area (Å²) in [6.07, 6.45) is -9.28. The van der Waals surface area contributed by atoms with Crippen molar-refractivity contribution in [2.45, 2.75) is 25.3 Å². The van der Waals surface area contributed by atoms with E-state index in [9.17, 15) is 35.9 Å². The van der Waals surface area contributed by atoms with Gasteiger partial charge in [0.1, 0.15) is 0 Å². The molecular formula is C16H16F6N2O3. The summed E-state index contributed by atoms with van der Waals surface area (Å²) in [6.45, 7) is 0.0452. The van der Waals surface area contributed by atoms with Gasteiger partial charge >= 0.3 is 24.4 Å². The van der Waals surface area contributed by atoms with E-state index in [0.29, 0.717) is 5.56 Å². The van der Waals surface area contributed by atoms with Gasteiger partial charge in [0, 0.05) is 13.1 Å². The fraction of sp³-hybridized carbons (Fsp3) is 0.500. The number of urea groups is 1. The van der Waals surface area contributed by atoms with Crippen molar-refractivity contribution < 1.29 is 41.0 Å². The Morgan fingerprint density at radius 1 is 1.11 bits per heavy atom. The number of carboxylic acids is 1. The van der Waals surface area contributed by atoms with Gasteiger partial charge in [-0.15, -0.1) is 0 Å². The summed E-state index contributed by atoms with van der Waals surface area (Å²) in [5.74, 6) is -5.59. The van der Waals surface area contributed by atoms with Crippen molar-refractivity contribution in [1.29, 1.82) is 0 Å². The zero-order valence-electron chi connectivity index (χ0n) is 13.9. The smallest absolute Gasteiger partial charge is 0.416 e. The zero-order valence-corrected chi connectivity index (χ0v) is 13.9. The standard InChI is InChI=1S/C16H16F6N2O3/c1-8(9-2-4-10(5-3-9)15(17,18)19)23-14(27)24-6-11(13(25)26)12(7-24)16(20,21)22/h2-5,8,11-12H,6-7H2,1H3,(H,23,27)(H,25,26)/t8-,11-,12-/m1/s1. The Balaban J connectivity index is 2.05. The first-order valence-corrected chi connectivity index (χ1v) is 7.83.